The quantitative estimate of drug-likeness (QED) is 0.713. The minimum absolute atomic E-state index is 0. The number of hydrogen-bond acceptors (Lipinski definition) is 3. The minimum Gasteiger partial charge on any atom is -0.348 e. The monoisotopic (exact) mass is 257 g/mol. The van der Waals surface area contributed by atoms with Gasteiger partial charge in [0.2, 0.25) is 5.56 Å². The maximum Gasteiger partial charge on any atom is 0.251 e. The number of pyridine rings is 1. The first-order valence-corrected chi connectivity index (χ1v) is 5.46. The highest BCUT2D eigenvalue weighted by Gasteiger charge is 2.16. The van der Waals surface area contributed by atoms with Gasteiger partial charge in [0.25, 0.3) is 5.91 Å². The number of nitrogens with one attached hydrogen (secondary N) is 3. The lowest BCUT2D eigenvalue weighted by Crippen LogP contribution is -2.45. The van der Waals surface area contributed by atoms with E-state index in [-0.39, 0.29) is 29.9 Å². The predicted molar refractivity (Wildman–Crippen MR) is 67.7 cm³/mol. The molecule has 17 heavy (non-hydrogen) atoms. The van der Waals surface area contributed by atoms with Crippen molar-refractivity contribution in [1.29, 1.82) is 0 Å². The molecule has 1 aromatic heterocycles. The van der Waals surface area contributed by atoms with Crippen LogP contribution in [0.15, 0.2) is 23.1 Å². The van der Waals surface area contributed by atoms with Crippen LogP contribution in [0.5, 0.6) is 0 Å². The molecule has 1 aliphatic heterocycles. The number of rotatable bonds is 2. The Kier molecular flexibility index (Phi) is 5.18. The molecule has 2 rings (SSSR count). The van der Waals surface area contributed by atoms with E-state index in [1.165, 1.54) is 12.3 Å². The smallest absolute Gasteiger partial charge is 0.251 e. The zero-order valence-corrected chi connectivity index (χ0v) is 10.2. The first kappa shape index (κ1) is 13.7. The molecule has 0 spiro atoms. The molecule has 0 aromatic carbocycles. The van der Waals surface area contributed by atoms with Crippen LogP contribution in [0.2, 0.25) is 0 Å². The van der Waals surface area contributed by atoms with Gasteiger partial charge in [-0.15, -0.1) is 12.4 Å². The third-order valence-electron chi connectivity index (χ3n) is 2.67. The second kappa shape index (κ2) is 6.42. The summed E-state index contributed by atoms with van der Waals surface area (Å²) in [5.41, 5.74) is 0.156. The van der Waals surface area contributed by atoms with Gasteiger partial charge in [0.15, 0.2) is 0 Å². The van der Waals surface area contributed by atoms with E-state index in [4.69, 9.17) is 0 Å². The van der Waals surface area contributed by atoms with E-state index in [0.29, 0.717) is 5.56 Å². The number of aromatic amines is 1. The Hall–Kier alpha value is -1.33. The van der Waals surface area contributed by atoms with Crippen LogP contribution in [0, 0.1) is 0 Å². The van der Waals surface area contributed by atoms with Crippen LogP contribution in [0.25, 0.3) is 0 Å². The number of carbonyl (C=O) groups is 1. The molecule has 1 saturated heterocycles. The Morgan fingerprint density at radius 3 is 2.94 bits per heavy atom. The van der Waals surface area contributed by atoms with Crippen LogP contribution in [0.1, 0.15) is 23.2 Å². The van der Waals surface area contributed by atoms with Gasteiger partial charge in [0, 0.05) is 30.4 Å². The Morgan fingerprint density at radius 1 is 1.47 bits per heavy atom. The molecule has 0 saturated carbocycles. The summed E-state index contributed by atoms with van der Waals surface area (Å²) in [6.07, 6.45) is 3.54. The zero-order chi connectivity index (χ0) is 11.4. The van der Waals surface area contributed by atoms with Crippen molar-refractivity contribution < 1.29 is 4.79 Å². The van der Waals surface area contributed by atoms with Crippen LogP contribution in [0.4, 0.5) is 0 Å². The molecule has 1 atom stereocenters. The lowest BCUT2D eigenvalue weighted by Gasteiger charge is -2.23. The maximum absolute atomic E-state index is 11.8. The number of piperidine rings is 1. The van der Waals surface area contributed by atoms with E-state index < -0.39 is 0 Å². The summed E-state index contributed by atoms with van der Waals surface area (Å²) < 4.78 is 0. The number of H-pyrrole nitrogens is 1. The topological polar surface area (TPSA) is 74.0 Å². The predicted octanol–water partition coefficient (Wildman–Crippen LogP) is 0.279. The highest BCUT2D eigenvalue weighted by molar-refractivity contribution is 5.94. The summed E-state index contributed by atoms with van der Waals surface area (Å²) >= 11 is 0. The Bertz CT molecular complexity index is 427. The third-order valence-corrected chi connectivity index (χ3v) is 2.67. The maximum atomic E-state index is 11.8. The molecule has 0 aliphatic carbocycles. The first-order chi connectivity index (χ1) is 7.75. The highest BCUT2D eigenvalue weighted by atomic mass is 35.5. The van der Waals surface area contributed by atoms with E-state index in [0.717, 1.165) is 25.9 Å². The highest BCUT2D eigenvalue weighted by Crippen LogP contribution is 2.02. The van der Waals surface area contributed by atoms with Crippen molar-refractivity contribution in [1.82, 2.24) is 15.6 Å². The molecule has 94 valence electrons. The van der Waals surface area contributed by atoms with Crippen LogP contribution >= 0.6 is 12.4 Å². The third kappa shape index (κ3) is 3.87. The molecule has 1 aromatic rings. The number of halogens is 1. The van der Waals surface area contributed by atoms with Crippen molar-refractivity contribution in [2.75, 3.05) is 13.1 Å². The van der Waals surface area contributed by atoms with E-state index in [9.17, 15) is 9.59 Å². The van der Waals surface area contributed by atoms with Gasteiger partial charge in [-0.1, -0.05) is 0 Å². The number of carbonyl (C=O) groups excluding carboxylic acids is 1. The Balaban J connectivity index is 0.00000144. The summed E-state index contributed by atoms with van der Waals surface area (Å²) in [7, 11) is 0. The molecule has 6 heteroatoms. The minimum atomic E-state index is -0.255. The van der Waals surface area contributed by atoms with Crippen molar-refractivity contribution in [2.45, 2.75) is 18.9 Å². The van der Waals surface area contributed by atoms with Crippen molar-refractivity contribution in [3.63, 3.8) is 0 Å². The van der Waals surface area contributed by atoms with Crippen LogP contribution in [-0.2, 0) is 0 Å². The van der Waals surface area contributed by atoms with E-state index >= 15 is 0 Å². The summed E-state index contributed by atoms with van der Waals surface area (Å²) in [4.78, 5) is 25.3. The van der Waals surface area contributed by atoms with Gasteiger partial charge in [-0.05, 0) is 25.5 Å². The normalized spacial score (nSPS) is 19.2. The van der Waals surface area contributed by atoms with Gasteiger partial charge in [0.05, 0.1) is 0 Å². The molecular formula is C11H16ClN3O2. The van der Waals surface area contributed by atoms with Gasteiger partial charge in [-0.2, -0.15) is 0 Å². The van der Waals surface area contributed by atoms with E-state index in [1.807, 2.05) is 0 Å². The van der Waals surface area contributed by atoms with Crippen LogP contribution in [0.3, 0.4) is 0 Å². The number of hydrogen-bond donors (Lipinski definition) is 3. The molecule has 1 amide bonds. The van der Waals surface area contributed by atoms with Crippen molar-refractivity contribution >= 4 is 18.3 Å². The van der Waals surface area contributed by atoms with E-state index in [1.54, 1.807) is 6.07 Å². The molecule has 0 unspecified atom stereocenters. The Labute approximate surface area is 105 Å². The summed E-state index contributed by atoms with van der Waals surface area (Å²) in [5, 5.41) is 6.13. The second-order valence-corrected chi connectivity index (χ2v) is 3.96. The van der Waals surface area contributed by atoms with E-state index in [2.05, 4.69) is 15.6 Å². The van der Waals surface area contributed by atoms with Gasteiger partial charge in [0.1, 0.15) is 0 Å². The average molecular weight is 258 g/mol. The zero-order valence-electron chi connectivity index (χ0n) is 9.36. The summed E-state index contributed by atoms with van der Waals surface area (Å²) in [5.74, 6) is -0.181. The molecule has 1 fully saturated rings. The molecule has 1 aliphatic rings. The Morgan fingerprint density at radius 2 is 2.29 bits per heavy atom. The number of aromatic nitrogens is 1. The SMILES string of the molecule is Cl.O=C(N[C@H]1CCCNC1)c1cc[nH]c(=O)c1. The van der Waals surface area contributed by atoms with Gasteiger partial charge < -0.3 is 15.6 Å². The van der Waals surface area contributed by atoms with Gasteiger partial charge in [-0.3, -0.25) is 9.59 Å². The largest absolute Gasteiger partial charge is 0.348 e. The molecule has 5 nitrogen and oxygen atoms in total. The van der Waals surface area contributed by atoms with Crippen molar-refractivity contribution in [3.05, 3.63) is 34.2 Å². The lowest BCUT2D eigenvalue weighted by molar-refractivity contribution is 0.0930. The fourth-order valence-corrected chi connectivity index (χ4v) is 1.83. The van der Waals surface area contributed by atoms with Gasteiger partial charge >= 0.3 is 0 Å². The molecule has 0 bridgehead atoms. The van der Waals surface area contributed by atoms with Crippen LogP contribution < -0.4 is 16.2 Å². The molecule has 3 N–H and O–H groups in total. The second-order valence-electron chi connectivity index (χ2n) is 3.96. The molecule has 0 radical (unpaired) electrons. The van der Waals surface area contributed by atoms with Crippen molar-refractivity contribution in [3.8, 4) is 0 Å². The summed E-state index contributed by atoms with van der Waals surface area (Å²) in [6, 6.07) is 3.08. The summed E-state index contributed by atoms with van der Waals surface area (Å²) in [6.45, 7) is 1.81. The number of amides is 1. The fourth-order valence-electron chi connectivity index (χ4n) is 1.83. The fraction of sp³-hybridized carbons (Fsp3) is 0.455. The standard InChI is InChI=1S/C11H15N3O2.ClH/c15-10-6-8(3-5-13-10)11(16)14-9-2-1-4-12-7-9;/h3,5-6,9,12H,1-2,4,7H2,(H,13,15)(H,14,16);1H/t9-;/m0./s1. The van der Waals surface area contributed by atoms with Crippen molar-refractivity contribution in [2.24, 2.45) is 0 Å². The average Bonchev–Trinajstić information content (AvgIpc) is 2.30. The molecular weight excluding hydrogens is 242 g/mol. The lowest BCUT2D eigenvalue weighted by atomic mass is 10.1. The molecule has 2 heterocycles. The van der Waals surface area contributed by atoms with Gasteiger partial charge in [-0.25, -0.2) is 0 Å². The first-order valence-electron chi connectivity index (χ1n) is 5.46. The van der Waals surface area contributed by atoms with Crippen LogP contribution in [-0.4, -0.2) is 30.0 Å².